The standard InChI is InChI=1S/C12H15N3O3S/c1-17-9-4-5-10(18-2)8(7-9)3-6-11(16)14-15-12(13)19/h3-7H,1-2H3,(H,14,16)(H3,13,15,19)/b6-3+. The van der Waals surface area contributed by atoms with E-state index in [1.807, 2.05) is 0 Å². The lowest BCUT2D eigenvalue weighted by Crippen LogP contribution is -2.43. The highest BCUT2D eigenvalue weighted by molar-refractivity contribution is 7.80. The monoisotopic (exact) mass is 281 g/mol. The minimum Gasteiger partial charge on any atom is -0.497 e. The number of carbonyl (C=O) groups is 1. The van der Waals surface area contributed by atoms with Crippen LogP contribution in [0.5, 0.6) is 11.5 Å². The van der Waals surface area contributed by atoms with E-state index in [-0.39, 0.29) is 5.11 Å². The molecule has 6 nitrogen and oxygen atoms in total. The van der Waals surface area contributed by atoms with Crippen molar-refractivity contribution in [1.29, 1.82) is 0 Å². The molecule has 0 unspecified atom stereocenters. The molecular formula is C12H15N3O3S. The van der Waals surface area contributed by atoms with Crippen LogP contribution in [0.1, 0.15) is 5.56 Å². The fraction of sp³-hybridized carbons (Fsp3) is 0.167. The van der Waals surface area contributed by atoms with Crippen molar-refractivity contribution in [2.45, 2.75) is 0 Å². The summed E-state index contributed by atoms with van der Waals surface area (Å²) < 4.78 is 10.3. The third-order valence-electron chi connectivity index (χ3n) is 2.16. The zero-order valence-electron chi connectivity index (χ0n) is 10.6. The maximum Gasteiger partial charge on any atom is 0.262 e. The average molecular weight is 281 g/mol. The van der Waals surface area contributed by atoms with Crippen molar-refractivity contribution in [3.8, 4) is 11.5 Å². The Morgan fingerprint density at radius 3 is 2.63 bits per heavy atom. The van der Waals surface area contributed by atoms with E-state index in [4.69, 9.17) is 15.2 Å². The van der Waals surface area contributed by atoms with E-state index in [1.165, 1.54) is 6.08 Å². The summed E-state index contributed by atoms with van der Waals surface area (Å²) in [5, 5.41) is -0.0132. The lowest BCUT2D eigenvalue weighted by molar-refractivity contribution is -0.116. The molecule has 0 bridgehead atoms. The Balaban J connectivity index is 2.79. The Morgan fingerprint density at radius 1 is 1.32 bits per heavy atom. The van der Waals surface area contributed by atoms with Gasteiger partial charge in [-0.05, 0) is 36.5 Å². The first-order chi connectivity index (χ1) is 9.06. The number of hydrogen-bond acceptors (Lipinski definition) is 4. The predicted octanol–water partition coefficient (Wildman–Crippen LogP) is 0.581. The van der Waals surface area contributed by atoms with Crippen molar-refractivity contribution in [2.24, 2.45) is 5.73 Å². The SMILES string of the molecule is COc1ccc(OC)c(/C=C/C(=O)NNC(N)=S)c1. The minimum absolute atomic E-state index is 0.0132. The Bertz CT molecular complexity index is 503. The van der Waals surface area contributed by atoms with Crippen molar-refractivity contribution in [3.63, 3.8) is 0 Å². The summed E-state index contributed by atoms with van der Waals surface area (Å²) in [5.74, 6) is 0.909. The number of thiocarbonyl (C=S) groups is 1. The van der Waals surface area contributed by atoms with Gasteiger partial charge in [0.05, 0.1) is 14.2 Å². The van der Waals surface area contributed by atoms with Gasteiger partial charge in [0.2, 0.25) is 0 Å². The molecule has 1 aromatic rings. The fourth-order valence-electron chi connectivity index (χ4n) is 1.30. The molecular weight excluding hydrogens is 266 g/mol. The van der Waals surface area contributed by atoms with Gasteiger partial charge in [0.1, 0.15) is 11.5 Å². The highest BCUT2D eigenvalue weighted by Crippen LogP contribution is 2.24. The number of nitrogens with one attached hydrogen (secondary N) is 2. The van der Waals surface area contributed by atoms with Gasteiger partial charge in [-0.3, -0.25) is 15.6 Å². The van der Waals surface area contributed by atoms with E-state index in [0.29, 0.717) is 17.1 Å². The predicted molar refractivity (Wildman–Crippen MR) is 76.6 cm³/mol. The zero-order chi connectivity index (χ0) is 14.3. The van der Waals surface area contributed by atoms with Crippen molar-refractivity contribution in [3.05, 3.63) is 29.8 Å². The molecule has 4 N–H and O–H groups in total. The summed E-state index contributed by atoms with van der Waals surface area (Å²) in [7, 11) is 3.11. The average Bonchev–Trinajstić information content (AvgIpc) is 2.42. The highest BCUT2D eigenvalue weighted by atomic mass is 32.1. The first-order valence-electron chi connectivity index (χ1n) is 5.32. The van der Waals surface area contributed by atoms with Gasteiger partial charge in [-0.2, -0.15) is 0 Å². The second-order valence-electron chi connectivity index (χ2n) is 3.42. The van der Waals surface area contributed by atoms with Gasteiger partial charge in [-0.15, -0.1) is 0 Å². The number of benzene rings is 1. The quantitative estimate of drug-likeness (QED) is 0.425. The number of hydrazine groups is 1. The molecule has 0 spiro atoms. The fourth-order valence-corrected chi connectivity index (χ4v) is 1.35. The minimum atomic E-state index is -0.391. The molecule has 0 aliphatic carbocycles. The molecule has 0 aliphatic rings. The number of amides is 1. The largest absolute Gasteiger partial charge is 0.497 e. The first kappa shape index (κ1) is 14.8. The molecule has 7 heteroatoms. The Hall–Kier alpha value is -2.28. The van der Waals surface area contributed by atoms with Crippen molar-refractivity contribution in [1.82, 2.24) is 10.9 Å². The smallest absolute Gasteiger partial charge is 0.262 e. The van der Waals surface area contributed by atoms with Crippen LogP contribution >= 0.6 is 12.2 Å². The van der Waals surface area contributed by atoms with Crippen LogP contribution in [-0.4, -0.2) is 25.2 Å². The van der Waals surface area contributed by atoms with Crippen LogP contribution in [0.2, 0.25) is 0 Å². The summed E-state index contributed by atoms with van der Waals surface area (Å²) in [4.78, 5) is 11.4. The number of ether oxygens (including phenoxy) is 2. The molecule has 1 amide bonds. The lowest BCUT2D eigenvalue weighted by Gasteiger charge is -2.07. The molecule has 0 radical (unpaired) electrons. The summed E-state index contributed by atoms with van der Waals surface area (Å²) in [6.07, 6.45) is 2.92. The van der Waals surface area contributed by atoms with Gasteiger partial charge >= 0.3 is 0 Å². The Kier molecular flexibility index (Phi) is 5.62. The molecule has 0 aliphatic heterocycles. The first-order valence-corrected chi connectivity index (χ1v) is 5.73. The van der Waals surface area contributed by atoms with Crippen LogP contribution in [0.3, 0.4) is 0 Å². The lowest BCUT2D eigenvalue weighted by atomic mass is 10.1. The van der Waals surface area contributed by atoms with Crippen molar-refractivity contribution < 1.29 is 14.3 Å². The molecule has 0 saturated heterocycles. The number of hydrogen-bond donors (Lipinski definition) is 3. The third kappa shape index (κ3) is 4.84. The van der Waals surface area contributed by atoms with Crippen LogP contribution in [0.25, 0.3) is 6.08 Å². The number of nitrogens with two attached hydrogens (primary N) is 1. The van der Waals surface area contributed by atoms with Crippen LogP contribution in [0, 0.1) is 0 Å². The molecule has 0 fully saturated rings. The van der Waals surface area contributed by atoms with E-state index in [9.17, 15) is 4.79 Å². The molecule has 0 atom stereocenters. The second-order valence-corrected chi connectivity index (χ2v) is 3.86. The van der Waals surface area contributed by atoms with Gasteiger partial charge in [0.25, 0.3) is 5.91 Å². The number of rotatable bonds is 4. The van der Waals surface area contributed by atoms with Gasteiger partial charge < -0.3 is 15.2 Å². The van der Waals surface area contributed by atoms with Crippen molar-refractivity contribution in [2.75, 3.05) is 14.2 Å². The van der Waals surface area contributed by atoms with E-state index in [2.05, 4.69) is 23.1 Å². The normalized spacial score (nSPS) is 10.0. The number of carbonyl (C=O) groups excluding carboxylic acids is 1. The summed E-state index contributed by atoms with van der Waals surface area (Å²) in [6.45, 7) is 0. The van der Waals surface area contributed by atoms with E-state index in [0.717, 1.165) is 0 Å². The van der Waals surface area contributed by atoms with Gasteiger partial charge in [-0.25, -0.2) is 0 Å². The van der Waals surface area contributed by atoms with Gasteiger partial charge in [-0.1, -0.05) is 0 Å². The van der Waals surface area contributed by atoms with Crippen LogP contribution in [0.15, 0.2) is 24.3 Å². The van der Waals surface area contributed by atoms with Gasteiger partial charge in [0.15, 0.2) is 5.11 Å². The summed E-state index contributed by atoms with van der Waals surface area (Å²) in [5.41, 5.74) is 10.5. The highest BCUT2D eigenvalue weighted by Gasteiger charge is 2.02. The van der Waals surface area contributed by atoms with Gasteiger partial charge in [0, 0.05) is 11.6 Å². The topological polar surface area (TPSA) is 85.6 Å². The molecule has 1 aromatic carbocycles. The molecule has 102 valence electrons. The Labute approximate surface area is 116 Å². The summed E-state index contributed by atoms with van der Waals surface area (Å²) >= 11 is 4.56. The molecule has 0 saturated carbocycles. The maximum absolute atomic E-state index is 11.4. The Morgan fingerprint density at radius 2 is 2.05 bits per heavy atom. The van der Waals surface area contributed by atoms with Crippen LogP contribution < -0.4 is 26.1 Å². The van der Waals surface area contributed by atoms with Crippen molar-refractivity contribution >= 4 is 29.3 Å². The third-order valence-corrected chi connectivity index (χ3v) is 2.26. The maximum atomic E-state index is 11.4. The second kappa shape index (κ2) is 7.22. The van der Waals surface area contributed by atoms with E-state index in [1.54, 1.807) is 38.5 Å². The molecule has 0 aromatic heterocycles. The summed E-state index contributed by atoms with van der Waals surface area (Å²) in [6, 6.07) is 5.28. The molecule has 1 rings (SSSR count). The van der Waals surface area contributed by atoms with E-state index >= 15 is 0 Å². The number of methoxy groups -OCH3 is 2. The van der Waals surface area contributed by atoms with Crippen LogP contribution in [-0.2, 0) is 4.79 Å². The van der Waals surface area contributed by atoms with E-state index < -0.39 is 5.91 Å². The zero-order valence-corrected chi connectivity index (χ0v) is 11.4. The molecule has 19 heavy (non-hydrogen) atoms. The van der Waals surface area contributed by atoms with Crippen LogP contribution in [0.4, 0.5) is 0 Å². The molecule has 0 heterocycles.